The van der Waals surface area contributed by atoms with E-state index in [-0.39, 0.29) is 0 Å². The Morgan fingerprint density at radius 1 is 1.42 bits per heavy atom. The lowest BCUT2D eigenvalue weighted by molar-refractivity contribution is 0.0954. The second kappa shape index (κ2) is 3.42. The van der Waals surface area contributed by atoms with E-state index in [1.165, 1.54) is 0 Å². The molecule has 1 unspecified atom stereocenters. The molecule has 0 amide bonds. The Bertz CT molecular complexity index is 427. The maximum Gasteiger partial charge on any atom is 0.157 e. The van der Waals surface area contributed by atoms with E-state index >= 15 is 0 Å². The van der Waals surface area contributed by atoms with Crippen LogP contribution in [0.15, 0.2) is 18.1 Å². The Labute approximate surface area is 76.4 Å². The third-order valence-electron chi connectivity index (χ3n) is 1.19. The average molecular weight is 175 g/mol. The third kappa shape index (κ3) is 1.66. The summed E-state index contributed by atoms with van der Waals surface area (Å²) in [7, 11) is 0. The van der Waals surface area contributed by atoms with Gasteiger partial charge in [-0.3, -0.25) is 0 Å². The van der Waals surface area contributed by atoms with Crippen LogP contribution < -0.4 is 0 Å². The van der Waals surface area contributed by atoms with Gasteiger partial charge in [0.15, 0.2) is 11.5 Å². The zero-order chi connectivity index (χ0) is 13.5. The molecule has 0 heterocycles. The van der Waals surface area contributed by atoms with E-state index in [9.17, 15) is 10.2 Å². The molecule has 1 aromatic carbocycles. The Hall–Kier alpha value is -1.26. The smallest absolute Gasteiger partial charge is 0.157 e. The second-order valence-electron chi connectivity index (χ2n) is 2.02. The van der Waals surface area contributed by atoms with Gasteiger partial charge in [0.1, 0.15) is 6.10 Å². The van der Waals surface area contributed by atoms with E-state index in [0.717, 1.165) is 0 Å². The largest absolute Gasteiger partial charge is 0.504 e. The van der Waals surface area contributed by atoms with Crippen molar-refractivity contribution in [3.8, 4) is 11.5 Å². The van der Waals surface area contributed by atoms with Gasteiger partial charge < -0.3 is 20.4 Å². The van der Waals surface area contributed by atoms with Gasteiger partial charge in [0.2, 0.25) is 0 Å². The fourth-order valence-electron chi connectivity index (χ4n) is 0.605. The van der Waals surface area contributed by atoms with Crippen LogP contribution in [0.3, 0.4) is 0 Å². The highest BCUT2D eigenvalue weighted by molar-refractivity contribution is 5.41. The summed E-state index contributed by atoms with van der Waals surface area (Å²) in [6.45, 7) is -3.14. The van der Waals surface area contributed by atoms with Crippen LogP contribution in [-0.4, -0.2) is 27.0 Å². The molecule has 0 aliphatic rings. The van der Waals surface area contributed by atoms with E-state index in [0.29, 0.717) is 0 Å². The van der Waals surface area contributed by atoms with E-state index in [1.807, 2.05) is 0 Å². The molecule has 66 valence electrons. The van der Waals surface area contributed by atoms with Crippen molar-refractivity contribution in [3.63, 3.8) is 0 Å². The first kappa shape index (κ1) is 4.11. The van der Waals surface area contributed by atoms with Crippen LogP contribution in [0.1, 0.15) is 18.5 Å². The maximum atomic E-state index is 9.42. The van der Waals surface area contributed by atoms with E-state index < -0.39 is 47.9 Å². The predicted molar refractivity (Wildman–Crippen MR) is 41.8 cm³/mol. The molecule has 0 saturated carbocycles. The fraction of sp³-hybridized carbons (Fsp3) is 0.250. The lowest BCUT2D eigenvalue weighted by Crippen LogP contribution is -2.01. The molecule has 0 aliphatic carbocycles. The van der Waals surface area contributed by atoms with Gasteiger partial charge in [-0.1, -0.05) is 6.04 Å². The van der Waals surface area contributed by atoms with Crippen LogP contribution in [0.2, 0.25) is 0 Å². The Morgan fingerprint density at radius 2 is 2.08 bits per heavy atom. The van der Waals surface area contributed by atoms with Crippen LogP contribution >= 0.6 is 0 Å². The van der Waals surface area contributed by atoms with E-state index in [4.69, 9.17) is 17.1 Å². The zero-order valence-corrected chi connectivity index (χ0v) is 5.87. The minimum atomic E-state index is -3.14. The summed E-state index contributed by atoms with van der Waals surface area (Å²) >= 11 is 0. The molecular formula is C8H10O4. The number of hydrogen-bond acceptors (Lipinski definition) is 4. The van der Waals surface area contributed by atoms with Crippen LogP contribution in [0.5, 0.6) is 11.5 Å². The van der Waals surface area contributed by atoms with Crippen molar-refractivity contribution in [2.45, 2.75) is 6.10 Å². The van der Waals surface area contributed by atoms with Gasteiger partial charge in [-0.25, -0.2) is 0 Å². The van der Waals surface area contributed by atoms with E-state index in [1.54, 1.807) is 0 Å². The molecule has 1 rings (SSSR count). The van der Waals surface area contributed by atoms with Gasteiger partial charge in [-0.15, -0.1) is 0 Å². The third-order valence-corrected chi connectivity index (χ3v) is 1.19. The van der Waals surface area contributed by atoms with Gasteiger partial charge in [-0.2, -0.15) is 0 Å². The Morgan fingerprint density at radius 3 is 2.67 bits per heavy atom. The molecule has 0 aromatic heterocycles. The molecule has 1 atom stereocenters. The molecule has 4 N–H and O–H groups in total. The number of phenolic OH excluding ortho intramolecular Hbond substituents is 2. The minimum Gasteiger partial charge on any atom is -0.504 e. The van der Waals surface area contributed by atoms with Crippen LogP contribution in [0, 0.1) is 0 Å². The van der Waals surface area contributed by atoms with Crippen LogP contribution in [0.4, 0.5) is 0 Å². The first-order valence-corrected chi connectivity index (χ1v) is 3.01. The zero-order valence-electron chi connectivity index (χ0n) is 10.9. The van der Waals surface area contributed by atoms with Crippen LogP contribution in [-0.2, 0) is 0 Å². The molecule has 1 aromatic rings. The van der Waals surface area contributed by atoms with Crippen molar-refractivity contribution in [1.29, 1.82) is 0 Å². The number of phenols is 2. The molecule has 12 heavy (non-hydrogen) atoms. The standard InChI is InChI=1S/C8H10O4/c9-4-8(12)5-1-2-6(10)7(11)3-5/h1-3,8-12H,4H2/i1D,2D,3D,4D2. The normalized spacial score (nSPS) is 20.0. The highest BCUT2D eigenvalue weighted by atomic mass is 16.3. The molecule has 0 fully saturated rings. The van der Waals surface area contributed by atoms with Crippen molar-refractivity contribution in [1.82, 2.24) is 0 Å². The molecule has 0 saturated heterocycles. The second-order valence-corrected chi connectivity index (χ2v) is 2.02. The molecular weight excluding hydrogens is 160 g/mol. The predicted octanol–water partition coefficient (Wildman–Crippen LogP) is 0.123. The summed E-state index contributed by atoms with van der Waals surface area (Å²) < 4.78 is 35.7. The molecule has 4 heteroatoms. The van der Waals surface area contributed by atoms with Crippen molar-refractivity contribution < 1.29 is 27.3 Å². The number of rotatable bonds is 2. The van der Waals surface area contributed by atoms with Gasteiger partial charge in [0, 0.05) is 0 Å². The van der Waals surface area contributed by atoms with Gasteiger partial charge in [0.25, 0.3) is 0 Å². The number of aliphatic hydroxyl groups is 2. The highest BCUT2D eigenvalue weighted by Gasteiger charge is 2.07. The molecule has 0 bridgehead atoms. The summed E-state index contributed by atoms with van der Waals surface area (Å²) in [4.78, 5) is 0. The molecule has 0 aliphatic heterocycles. The lowest BCUT2D eigenvalue weighted by Gasteiger charge is -2.07. The van der Waals surface area contributed by atoms with Gasteiger partial charge in [-0.05, 0) is 17.6 Å². The summed E-state index contributed by atoms with van der Waals surface area (Å²) in [5, 5.41) is 36.8. The Kier molecular flexibility index (Phi) is 1.17. The fourth-order valence-corrected chi connectivity index (χ4v) is 0.605. The van der Waals surface area contributed by atoms with Crippen molar-refractivity contribution in [3.05, 3.63) is 23.7 Å². The number of benzene rings is 1. The van der Waals surface area contributed by atoms with E-state index in [2.05, 4.69) is 0 Å². The molecule has 0 radical (unpaired) electrons. The van der Waals surface area contributed by atoms with Gasteiger partial charge >= 0.3 is 0 Å². The average Bonchev–Trinajstić information content (AvgIpc) is 2.22. The maximum absolute atomic E-state index is 9.42. The summed E-state index contributed by atoms with van der Waals surface area (Å²) in [6.07, 6.45) is -2.28. The lowest BCUT2D eigenvalue weighted by atomic mass is 10.1. The van der Waals surface area contributed by atoms with Crippen molar-refractivity contribution in [2.24, 2.45) is 0 Å². The SMILES string of the molecule is [2H]c1c([2H])c(C(O)C([2H])([2H])O)c([2H])c(O)c1O. The van der Waals surface area contributed by atoms with Crippen molar-refractivity contribution in [2.75, 3.05) is 6.56 Å². The molecule has 0 spiro atoms. The topological polar surface area (TPSA) is 80.9 Å². The first-order valence-electron chi connectivity index (χ1n) is 5.51. The first-order chi connectivity index (χ1) is 7.59. The molecule has 4 nitrogen and oxygen atoms in total. The number of aromatic hydroxyl groups is 2. The van der Waals surface area contributed by atoms with Crippen LogP contribution in [0.25, 0.3) is 0 Å². The minimum absolute atomic E-state index is 0.766. The quantitative estimate of drug-likeness (QED) is 0.481. The highest BCUT2D eigenvalue weighted by Crippen LogP contribution is 2.27. The van der Waals surface area contributed by atoms with Gasteiger partial charge in [0.05, 0.1) is 13.4 Å². The summed E-state index contributed by atoms with van der Waals surface area (Å²) in [5.74, 6) is -2.06. The summed E-state index contributed by atoms with van der Waals surface area (Å²) in [6, 6.07) is -2.61. The monoisotopic (exact) mass is 175 g/mol. The Balaban J connectivity index is 3.55. The number of aliphatic hydroxyl groups excluding tert-OH is 1. The number of hydrogen-bond donors (Lipinski definition) is 4. The van der Waals surface area contributed by atoms with Crippen molar-refractivity contribution >= 4 is 0 Å². The summed E-state index contributed by atoms with van der Waals surface area (Å²) in [5.41, 5.74) is -0.766.